The molecule has 2 amide bonds. The predicted octanol–water partition coefficient (Wildman–Crippen LogP) is 1.67. The second-order valence-electron chi connectivity index (χ2n) is 7.08. The summed E-state index contributed by atoms with van der Waals surface area (Å²) in [6.07, 6.45) is 2.67. The van der Waals surface area contributed by atoms with Gasteiger partial charge in [-0.2, -0.15) is 0 Å². The molecule has 3 aliphatic rings. The molecule has 1 saturated carbocycles. The van der Waals surface area contributed by atoms with Crippen LogP contribution in [0.3, 0.4) is 0 Å². The van der Waals surface area contributed by atoms with E-state index in [4.69, 9.17) is 4.74 Å². The van der Waals surface area contributed by atoms with E-state index in [1.165, 1.54) is 4.90 Å². The van der Waals surface area contributed by atoms with Gasteiger partial charge in [0, 0.05) is 19.1 Å². The highest BCUT2D eigenvalue weighted by Gasteiger charge is 2.50. The van der Waals surface area contributed by atoms with Crippen molar-refractivity contribution in [1.82, 2.24) is 9.80 Å². The van der Waals surface area contributed by atoms with Gasteiger partial charge in [-0.1, -0.05) is 30.3 Å². The number of rotatable bonds is 3. The molecule has 0 spiro atoms. The van der Waals surface area contributed by atoms with Crippen LogP contribution in [0, 0.1) is 11.8 Å². The molecule has 2 saturated heterocycles. The lowest BCUT2D eigenvalue weighted by atomic mass is 9.78. The number of carbonyl (C=O) groups is 2. The molecule has 0 bridgehead atoms. The summed E-state index contributed by atoms with van der Waals surface area (Å²) in [6, 6.07) is 10.2. The largest absolute Gasteiger partial charge is 0.379 e. The van der Waals surface area contributed by atoms with Gasteiger partial charge in [0.15, 0.2) is 0 Å². The SMILES string of the molecule is O=C1C2CCC(N3CCOCC3)CC2C(=O)N1Cc1ccccc1. The van der Waals surface area contributed by atoms with Gasteiger partial charge in [-0.05, 0) is 24.8 Å². The van der Waals surface area contributed by atoms with Crippen molar-refractivity contribution < 1.29 is 14.3 Å². The summed E-state index contributed by atoms with van der Waals surface area (Å²) >= 11 is 0. The van der Waals surface area contributed by atoms with Crippen molar-refractivity contribution in [3.8, 4) is 0 Å². The minimum absolute atomic E-state index is 0.0341. The average molecular weight is 328 g/mol. The summed E-state index contributed by atoms with van der Waals surface area (Å²) in [6.45, 7) is 3.85. The van der Waals surface area contributed by atoms with Crippen molar-refractivity contribution >= 4 is 11.8 Å². The first-order chi connectivity index (χ1) is 11.7. The molecule has 5 nitrogen and oxygen atoms in total. The highest BCUT2D eigenvalue weighted by atomic mass is 16.5. The van der Waals surface area contributed by atoms with Gasteiger partial charge in [0.05, 0.1) is 31.6 Å². The molecule has 0 radical (unpaired) electrons. The van der Waals surface area contributed by atoms with Crippen LogP contribution in [0.4, 0.5) is 0 Å². The fourth-order valence-electron chi connectivity index (χ4n) is 4.42. The van der Waals surface area contributed by atoms with Gasteiger partial charge in [0.2, 0.25) is 11.8 Å². The molecule has 24 heavy (non-hydrogen) atoms. The Kier molecular flexibility index (Phi) is 4.37. The Balaban J connectivity index is 1.46. The zero-order valence-corrected chi connectivity index (χ0v) is 13.9. The van der Waals surface area contributed by atoms with Crippen molar-refractivity contribution in [2.45, 2.75) is 31.8 Å². The molecular formula is C19H24N2O3. The molecule has 3 fully saturated rings. The minimum Gasteiger partial charge on any atom is -0.379 e. The molecule has 2 aliphatic heterocycles. The summed E-state index contributed by atoms with van der Waals surface area (Å²) in [5.74, 6) is -0.151. The number of likely N-dealkylation sites (tertiary alicyclic amines) is 1. The van der Waals surface area contributed by atoms with E-state index >= 15 is 0 Å². The number of amides is 2. The average Bonchev–Trinajstić information content (AvgIpc) is 2.88. The zero-order chi connectivity index (χ0) is 16.5. The number of ether oxygens (including phenoxy) is 1. The van der Waals surface area contributed by atoms with Gasteiger partial charge in [-0.15, -0.1) is 0 Å². The fourth-order valence-corrected chi connectivity index (χ4v) is 4.42. The van der Waals surface area contributed by atoms with E-state index in [-0.39, 0.29) is 23.7 Å². The Morgan fingerprint density at radius 2 is 1.67 bits per heavy atom. The van der Waals surface area contributed by atoms with Gasteiger partial charge < -0.3 is 4.74 Å². The number of carbonyl (C=O) groups excluding carboxylic acids is 2. The molecule has 1 aliphatic carbocycles. The Labute approximate surface area is 142 Å². The Morgan fingerprint density at radius 1 is 0.958 bits per heavy atom. The topological polar surface area (TPSA) is 49.9 Å². The van der Waals surface area contributed by atoms with E-state index in [0.717, 1.165) is 51.1 Å². The molecule has 4 rings (SSSR count). The highest BCUT2D eigenvalue weighted by Crippen LogP contribution is 2.40. The van der Waals surface area contributed by atoms with Crippen LogP contribution in [0.25, 0.3) is 0 Å². The van der Waals surface area contributed by atoms with Crippen molar-refractivity contribution in [1.29, 1.82) is 0 Å². The van der Waals surface area contributed by atoms with E-state index in [0.29, 0.717) is 12.6 Å². The number of hydrogen-bond acceptors (Lipinski definition) is 4. The molecule has 0 aromatic heterocycles. The smallest absolute Gasteiger partial charge is 0.233 e. The maximum Gasteiger partial charge on any atom is 0.233 e. The lowest BCUT2D eigenvalue weighted by Crippen LogP contribution is -2.47. The first-order valence-electron chi connectivity index (χ1n) is 8.95. The van der Waals surface area contributed by atoms with Crippen LogP contribution < -0.4 is 0 Å². The van der Waals surface area contributed by atoms with Crippen LogP contribution in [0.2, 0.25) is 0 Å². The standard InChI is InChI=1S/C19H24N2O3/c22-18-16-7-6-15(20-8-10-24-11-9-20)12-17(16)19(23)21(18)13-14-4-2-1-3-5-14/h1-5,15-17H,6-13H2. The summed E-state index contributed by atoms with van der Waals surface area (Å²) in [5.41, 5.74) is 1.02. The van der Waals surface area contributed by atoms with E-state index in [9.17, 15) is 9.59 Å². The van der Waals surface area contributed by atoms with Crippen LogP contribution in [-0.2, 0) is 20.9 Å². The van der Waals surface area contributed by atoms with Gasteiger partial charge in [0.25, 0.3) is 0 Å². The molecule has 3 unspecified atom stereocenters. The molecule has 0 N–H and O–H groups in total. The number of imide groups is 1. The minimum atomic E-state index is -0.122. The first kappa shape index (κ1) is 15.8. The van der Waals surface area contributed by atoms with E-state index < -0.39 is 0 Å². The summed E-state index contributed by atoms with van der Waals surface area (Å²) in [7, 11) is 0. The zero-order valence-electron chi connectivity index (χ0n) is 13.9. The van der Waals surface area contributed by atoms with E-state index in [1.54, 1.807) is 0 Å². The number of morpholine rings is 1. The van der Waals surface area contributed by atoms with Gasteiger partial charge in [-0.3, -0.25) is 19.4 Å². The number of fused-ring (bicyclic) bond motifs is 1. The molecule has 1 aromatic carbocycles. The number of hydrogen-bond donors (Lipinski definition) is 0. The molecular weight excluding hydrogens is 304 g/mol. The second-order valence-corrected chi connectivity index (χ2v) is 7.08. The fraction of sp³-hybridized carbons (Fsp3) is 0.579. The quantitative estimate of drug-likeness (QED) is 0.792. The highest BCUT2D eigenvalue weighted by molar-refractivity contribution is 6.05. The second kappa shape index (κ2) is 6.65. The van der Waals surface area contributed by atoms with Crippen LogP contribution in [0.5, 0.6) is 0 Å². The van der Waals surface area contributed by atoms with Crippen LogP contribution >= 0.6 is 0 Å². The van der Waals surface area contributed by atoms with Crippen LogP contribution in [0.1, 0.15) is 24.8 Å². The molecule has 3 atom stereocenters. The predicted molar refractivity (Wildman–Crippen MR) is 89.0 cm³/mol. The first-order valence-corrected chi connectivity index (χ1v) is 8.95. The Morgan fingerprint density at radius 3 is 2.42 bits per heavy atom. The van der Waals surface area contributed by atoms with E-state index in [1.807, 2.05) is 30.3 Å². The van der Waals surface area contributed by atoms with Crippen molar-refractivity contribution in [2.24, 2.45) is 11.8 Å². The molecule has 128 valence electrons. The maximum atomic E-state index is 12.8. The van der Waals surface area contributed by atoms with Gasteiger partial charge in [-0.25, -0.2) is 0 Å². The summed E-state index contributed by atoms with van der Waals surface area (Å²) in [4.78, 5) is 29.5. The monoisotopic (exact) mass is 328 g/mol. The molecule has 2 heterocycles. The number of benzene rings is 1. The summed E-state index contributed by atoms with van der Waals surface area (Å²) < 4.78 is 5.43. The third-order valence-electron chi connectivity index (χ3n) is 5.73. The third kappa shape index (κ3) is 2.87. The van der Waals surface area contributed by atoms with Gasteiger partial charge >= 0.3 is 0 Å². The lowest BCUT2D eigenvalue weighted by molar-refractivity contribution is -0.140. The van der Waals surface area contributed by atoms with Crippen LogP contribution in [-0.4, -0.2) is 54.0 Å². The van der Waals surface area contributed by atoms with E-state index in [2.05, 4.69) is 4.90 Å². The Hall–Kier alpha value is -1.72. The Bertz CT molecular complexity index is 612. The summed E-state index contributed by atoms with van der Waals surface area (Å²) in [5, 5.41) is 0. The van der Waals surface area contributed by atoms with Crippen LogP contribution in [0.15, 0.2) is 30.3 Å². The van der Waals surface area contributed by atoms with Gasteiger partial charge in [0.1, 0.15) is 0 Å². The van der Waals surface area contributed by atoms with Crippen molar-refractivity contribution in [3.05, 3.63) is 35.9 Å². The third-order valence-corrected chi connectivity index (χ3v) is 5.73. The van der Waals surface area contributed by atoms with Crippen molar-refractivity contribution in [3.63, 3.8) is 0 Å². The maximum absolute atomic E-state index is 12.8. The molecule has 5 heteroatoms. The van der Waals surface area contributed by atoms with Crippen molar-refractivity contribution in [2.75, 3.05) is 26.3 Å². The normalized spacial score (nSPS) is 31.3. The lowest BCUT2D eigenvalue weighted by Gasteiger charge is -2.39. The molecule has 1 aromatic rings. The number of nitrogens with zero attached hydrogens (tertiary/aromatic N) is 2.